The number of halogens is 3. The Balaban J connectivity index is 2.50. The van der Waals surface area contributed by atoms with Crippen LogP contribution >= 0.6 is 0 Å². The Hall–Kier alpha value is -2.89. The van der Waals surface area contributed by atoms with Crippen molar-refractivity contribution in [3.05, 3.63) is 45.8 Å². The van der Waals surface area contributed by atoms with E-state index in [-0.39, 0.29) is 22.4 Å². The van der Waals surface area contributed by atoms with Gasteiger partial charge in [-0.15, -0.1) is 0 Å². The summed E-state index contributed by atoms with van der Waals surface area (Å²) < 4.78 is 39.0. The van der Waals surface area contributed by atoms with E-state index in [0.29, 0.717) is 0 Å². The molecule has 0 fully saturated rings. The summed E-state index contributed by atoms with van der Waals surface area (Å²) in [5.74, 6) is 0. The third-order valence-electron chi connectivity index (χ3n) is 2.71. The number of aromatic amines is 1. The first kappa shape index (κ1) is 12.2. The molecule has 6 nitrogen and oxygen atoms in total. The van der Waals surface area contributed by atoms with Gasteiger partial charge >= 0.3 is 6.18 Å². The van der Waals surface area contributed by atoms with Gasteiger partial charge in [0, 0.05) is 0 Å². The van der Waals surface area contributed by atoms with Crippen LogP contribution in [-0.2, 0) is 6.18 Å². The van der Waals surface area contributed by atoms with E-state index in [4.69, 9.17) is 6.57 Å². The molecule has 3 aromatic heterocycles. The molecular formula is C11H4F3N5O. The summed E-state index contributed by atoms with van der Waals surface area (Å²) in [6.45, 7) is 6.91. The van der Waals surface area contributed by atoms with Gasteiger partial charge in [-0.3, -0.25) is 4.79 Å². The molecular weight excluding hydrogens is 275 g/mol. The van der Waals surface area contributed by atoms with Crippen molar-refractivity contribution in [1.82, 2.24) is 19.6 Å². The highest BCUT2D eigenvalue weighted by Crippen LogP contribution is 2.29. The Kier molecular flexibility index (Phi) is 2.31. The van der Waals surface area contributed by atoms with Crippen LogP contribution in [0.5, 0.6) is 0 Å². The predicted octanol–water partition coefficient (Wildman–Crippen LogP) is 2.14. The zero-order chi connectivity index (χ0) is 14.5. The average molecular weight is 279 g/mol. The van der Waals surface area contributed by atoms with Crippen LogP contribution in [0.4, 0.5) is 18.9 Å². The lowest BCUT2D eigenvalue weighted by molar-refractivity contribution is -0.141. The molecule has 0 atom stereocenters. The van der Waals surface area contributed by atoms with Crippen LogP contribution in [0.1, 0.15) is 5.69 Å². The molecule has 1 N–H and O–H groups in total. The number of fused-ring (bicyclic) bond motifs is 3. The minimum Gasteiger partial charge on any atom is -0.315 e. The Morgan fingerprint density at radius 3 is 2.75 bits per heavy atom. The van der Waals surface area contributed by atoms with E-state index >= 15 is 0 Å². The topological polar surface area (TPSA) is 67.4 Å². The van der Waals surface area contributed by atoms with Crippen molar-refractivity contribution in [2.75, 3.05) is 0 Å². The summed E-state index contributed by atoms with van der Waals surface area (Å²) in [7, 11) is 0. The van der Waals surface area contributed by atoms with Gasteiger partial charge in [0.25, 0.3) is 5.56 Å². The first-order valence-electron chi connectivity index (χ1n) is 5.27. The molecule has 0 aromatic carbocycles. The molecule has 0 bridgehead atoms. The molecule has 3 aromatic rings. The smallest absolute Gasteiger partial charge is 0.315 e. The fourth-order valence-electron chi connectivity index (χ4n) is 1.82. The van der Waals surface area contributed by atoms with E-state index in [1.165, 1.54) is 0 Å². The third-order valence-corrected chi connectivity index (χ3v) is 2.71. The van der Waals surface area contributed by atoms with Gasteiger partial charge in [0.2, 0.25) is 5.69 Å². The van der Waals surface area contributed by atoms with Crippen molar-refractivity contribution in [1.29, 1.82) is 0 Å². The van der Waals surface area contributed by atoms with Crippen LogP contribution in [0.15, 0.2) is 23.1 Å². The molecule has 100 valence electrons. The molecule has 9 heteroatoms. The summed E-state index contributed by atoms with van der Waals surface area (Å²) >= 11 is 0. The second-order valence-corrected chi connectivity index (χ2v) is 3.92. The number of pyridine rings is 1. The number of H-pyrrole nitrogens is 1. The van der Waals surface area contributed by atoms with E-state index in [1.807, 2.05) is 0 Å². The van der Waals surface area contributed by atoms with E-state index in [2.05, 4.69) is 19.9 Å². The van der Waals surface area contributed by atoms with Crippen molar-refractivity contribution >= 4 is 22.4 Å². The quantitative estimate of drug-likeness (QED) is 0.641. The van der Waals surface area contributed by atoms with Gasteiger partial charge in [-0.2, -0.15) is 18.3 Å². The normalized spacial score (nSPS) is 11.9. The molecule has 0 aliphatic carbocycles. The molecule has 3 heterocycles. The van der Waals surface area contributed by atoms with Crippen molar-refractivity contribution < 1.29 is 13.2 Å². The Morgan fingerprint density at radius 1 is 1.35 bits per heavy atom. The highest BCUT2D eigenvalue weighted by atomic mass is 19.4. The van der Waals surface area contributed by atoms with Gasteiger partial charge in [0.15, 0.2) is 5.65 Å². The molecule has 0 spiro atoms. The maximum absolute atomic E-state index is 12.7. The van der Waals surface area contributed by atoms with Crippen molar-refractivity contribution in [2.24, 2.45) is 0 Å². The number of aromatic nitrogens is 4. The Labute approximate surface area is 108 Å². The van der Waals surface area contributed by atoms with Gasteiger partial charge in [-0.1, -0.05) is 0 Å². The predicted molar refractivity (Wildman–Crippen MR) is 62.4 cm³/mol. The monoisotopic (exact) mass is 279 g/mol. The maximum atomic E-state index is 12.7. The number of hydrogen-bond acceptors (Lipinski definition) is 3. The number of rotatable bonds is 0. The summed E-state index contributed by atoms with van der Waals surface area (Å²) in [5, 5.41) is 3.75. The van der Waals surface area contributed by atoms with Gasteiger partial charge in [-0.05, 0) is 12.1 Å². The molecule has 0 amide bonds. The second-order valence-electron chi connectivity index (χ2n) is 3.92. The van der Waals surface area contributed by atoms with Crippen molar-refractivity contribution in [3.63, 3.8) is 0 Å². The summed E-state index contributed by atoms with van der Waals surface area (Å²) in [4.78, 5) is 20.8. The van der Waals surface area contributed by atoms with Crippen LogP contribution in [0.3, 0.4) is 0 Å². The molecule has 3 rings (SSSR count). The lowest BCUT2D eigenvalue weighted by Gasteiger charge is -2.07. The van der Waals surface area contributed by atoms with Gasteiger partial charge in [0.05, 0.1) is 18.2 Å². The van der Waals surface area contributed by atoms with Crippen LogP contribution in [0.2, 0.25) is 0 Å². The van der Waals surface area contributed by atoms with E-state index in [1.54, 1.807) is 0 Å². The standard InChI is InChI=1S/C11H4F3N5O/c1-15-6-4-16-19-8-5(10(20)18-9(6)19)2-3-7(17-8)11(12,13)14/h2-4H,(H,18,20). The zero-order valence-electron chi connectivity index (χ0n) is 9.56. The summed E-state index contributed by atoms with van der Waals surface area (Å²) in [5.41, 5.74) is -1.95. The molecule has 0 aliphatic rings. The molecule has 0 aliphatic heterocycles. The largest absolute Gasteiger partial charge is 0.433 e. The number of nitrogens with one attached hydrogen (secondary N) is 1. The number of alkyl halides is 3. The molecule has 0 radical (unpaired) electrons. The number of nitrogens with zero attached hydrogens (tertiary/aromatic N) is 4. The fraction of sp³-hybridized carbons (Fsp3) is 0.0909. The van der Waals surface area contributed by atoms with Gasteiger partial charge < -0.3 is 4.98 Å². The first-order chi connectivity index (χ1) is 9.41. The van der Waals surface area contributed by atoms with Crippen LogP contribution in [0.25, 0.3) is 21.5 Å². The van der Waals surface area contributed by atoms with E-state index < -0.39 is 17.4 Å². The van der Waals surface area contributed by atoms with Gasteiger partial charge in [0.1, 0.15) is 11.3 Å². The molecule has 0 saturated heterocycles. The zero-order valence-corrected chi connectivity index (χ0v) is 9.56. The van der Waals surface area contributed by atoms with Crippen LogP contribution < -0.4 is 5.56 Å². The summed E-state index contributed by atoms with van der Waals surface area (Å²) in [6, 6.07) is 1.76. The lowest BCUT2D eigenvalue weighted by Crippen LogP contribution is -2.14. The molecule has 0 saturated carbocycles. The van der Waals surface area contributed by atoms with Crippen molar-refractivity contribution in [3.8, 4) is 0 Å². The fourth-order valence-corrected chi connectivity index (χ4v) is 1.82. The minimum atomic E-state index is -4.63. The van der Waals surface area contributed by atoms with Crippen LogP contribution in [0, 0.1) is 6.57 Å². The Morgan fingerprint density at radius 2 is 2.10 bits per heavy atom. The van der Waals surface area contributed by atoms with Crippen molar-refractivity contribution in [2.45, 2.75) is 6.18 Å². The highest BCUT2D eigenvalue weighted by Gasteiger charge is 2.33. The summed E-state index contributed by atoms with van der Waals surface area (Å²) in [6.07, 6.45) is -3.47. The SMILES string of the molecule is [C-]#[N+]c1cnn2c1[nH]c(=O)c1ccc(C(F)(F)F)nc12. The first-order valence-corrected chi connectivity index (χ1v) is 5.27. The maximum Gasteiger partial charge on any atom is 0.433 e. The molecule has 20 heavy (non-hydrogen) atoms. The van der Waals surface area contributed by atoms with E-state index in [0.717, 1.165) is 22.8 Å². The molecule has 0 unspecified atom stereocenters. The third kappa shape index (κ3) is 1.62. The average Bonchev–Trinajstić information content (AvgIpc) is 2.80. The number of hydrogen-bond donors (Lipinski definition) is 1. The Bertz CT molecular complexity index is 931. The minimum absolute atomic E-state index is 0.0179. The van der Waals surface area contributed by atoms with Crippen LogP contribution in [-0.4, -0.2) is 19.6 Å². The lowest BCUT2D eigenvalue weighted by atomic mass is 10.3. The van der Waals surface area contributed by atoms with Gasteiger partial charge in [-0.25, -0.2) is 14.3 Å². The van der Waals surface area contributed by atoms with E-state index in [9.17, 15) is 18.0 Å². The second kappa shape index (κ2) is 3.80. The highest BCUT2D eigenvalue weighted by molar-refractivity contribution is 5.80.